The zero-order valence-corrected chi connectivity index (χ0v) is 12.5. The van der Waals surface area contributed by atoms with Gasteiger partial charge < -0.3 is 15.8 Å². The van der Waals surface area contributed by atoms with E-state index in [2.05, 4.69) is 31.2 Å². The minimum absolute atomic E-state index is 0.232. The highest BCUT2D eigenvalue weighted by Gasteiger charge is 2.06. The van der Waals surface area contributed by atoms with Gasteiger partial charge in [-0.2, -0.15) is 0 Å². The minimum Gasteiger partial charge on any atom is -0.497 e. The Balaban J connectivity index is 2.30. The van der Waals surface area contributed by atoms with E-state index in [1.807, 2.05) is 18.2 Å². The van der Waals surface area contributed by atoms with Crippen molar-refractivity contribution in [3.63, 3.8) is 0 Å². The summed E-state index contributed by atoms with van der Waals surface area (Å²) in [6, 6.07) is 7.22. The van der Waals surface area contributed by atoms with Crippen molar-refractivity contribution in [2.24, 2.45) is 5.73 Å². The van der Waals surface area contributed by atoms with Crippen molar-refractivity contribution in [3.05, 3.63) is 40.6 Å². The van der Waals surface area contributed by atoms with E-state index in [1.54, 1.807) is 19.4 Å². The Labute approximate surface area is 124 Å². The number of methoxy groups -OCH3 is 1. The predicted molar refractivity (Wildman–Crippen MR) is 81.9 cm³/mol. The maximum Gasteiger partial charge on any atom is 0.227 e. The minimum atomic E-state index is 0.232. The summed E-state index contributed by atoms with van der Waals surface area (Å²) in [6.45, 7) is 0. The van der Waals surface area contributed by atoms with Gasteiger partial charge in [0.1, 0.15) is 16.4 Å². The number of nitrogens with two attached hydrogens (primary N) is 1. The van der Waals surface area contributed by atoms with Crippen molar-refractivity contribution in [1.29, 1.82) is 0 Å². The molecule has 1 aromatic carbocycles. The summed E-state index contributed by atoms with van der Waals surface area (Å²) in [7, 11) is 1.61. The molecule has 19 heavy (non-hydrogen) atoms. The predicted octanol–water partition coefficient (Wildman–Crippen LogP) is 2.63. The molecule has 0 fully saturated rings. The van der Waals surface area contributed by atoms with Gasteiger partial charge in [-0.1, -0.05) is 12.2 Å². The fourth-order valence-corrected chi connectivity index (χ4v) is 1.86. The number of aromatic nitrogens is 2. The summed E-state index contributed by atoms with van der Waals surface area (Å²) >= 11 is 8.32. The van der Waals surface area contributed by atoms with Crippen LogP contribution in [-0.2, 0) is 0 Å². The van der Waals surface area contributed by atoms with Crippen LogP contribution >= 0.6 is 28.1 Å². The molecule has 2 aromatic rings. The third-order valence-electron chi connectivity index (χ3n) is 2.33. The van der Waals surface area contributed by atoms with Gasteiger partial charge in [0.05, 0.1) is 12.8 Å². The van der Waals surface area contributed by atoms with Crippen LogP contribution in [0, 0.1) is 0 Å². The van der Waals surface area contributed by atoms with E-state index >= 15 is 0 Å². The molecule has 98 valence electrons. The van der Waals surface area contributed by atoms with Crippen LogP contribution in [0.3, 0.4) is 0 Å². The van der Waals surface area contributed by atoms with Crippen molar-refractivity contribution in [1.82, 2.24) is 9.97 Å². The number of thiocarbonyl (C=S) groups is 1. The molecule has 0 radical (unpaired) electrons. The van der Waals surface area contributed by atoms with Gasteiger partial charge in [0.2, 0.25) is 5.95 Å². The van der Waals surface area contributed by atoms with Crippen molar-refractivity contribution in [3.8, 4) is 5.75 Å². The lowest BCUT2D eigenvalue weighted by molar-refractivity contribution is 0.415. The zero-order valence-electron chi connectivity index (χ0n) is 10.1. The van der Waals surface area contributed by atoms with E-state index in [9.17, 15) is 0 Å². The van der Waals surface area contributed by atoms with Crippen LogP contribution in [0.2, 0.25) is 0 Å². The Morgan fingerprint density at radius 2 is 2.21 bits per heavy atom. The Morgan fingerprint density at radius 3 is 2.89 bits per heavy atom. The Kier molecular flexibility index (Phi) is 4.28. The highest BCUT2D eigenvalue weighted by atomic mass is 79.9. The van der Waals surface area contributed by atoms with E-state index < -0.39 is 0 Å². The van der Waals surface area contributed by atoms with Gasteiger partial charge in [-0.3, -0.25) is 0 Å². The first-order valence-corrected chi connectivity index (χ1v) is 6.53. The molecule has 0 spiro atoms. The van der Waals surface area contributed by atoms with E-state index in [0.29, 0.717) is 11.6 Å². The average Bonchev–Trinajstić information content (AvgIpc) is 2.41. The van der Waals surface area contributed by atoms with Crippen LogP contribution in [0.5, 0.6) is 5.75 Å². The number of halogens is 1. The average molecular weight is 339 g/mol. The molecule has 5 nitrogen and oxygen atoms in total. The summed E-state index contributed by atoms with van der Waals surface area (Å²) in [6.07, 6.45) is 1.60. The van der Waals surface area contributed by atoms with Gasteiger partial charge in [-0.15, -0.1) is 0 Å². The van der Waals surface area contributed by atoms with E-state index in [-0.39, 0.29) is 4.99 Å². The summed E-state index contributed by atoms with van der Waals surface area (Å²) in [5.74, 6) is 1.15. The van der Waals surface area contributed by atoms with Crippen molar-refractivity contribution < 1.29 is 4.74 Å². The van der Waals surface area contributed by atoms with Crippen LogP contribution in [0.1, 0.15) is 5.69 Å². The number of hydrogen-bond donors (Lipinski definition) is 2. The molecule has 0 aliphatic rings. The molecule has 0 bridgehead atoms. The summed E-state index contributed by atoms with van der Waals surface area (Å²) in [5.41, 5.74) is 6.85. The summed E-state index contributed by atoms with van der Waals surface area (Å²) in [5, 5.41) is 3.08. The van der Waals surface area contributed by atoms with Crippen molar-refractivity contribution in [2.45, 2.75) is 0 Å². The number of ether oxygens (including phenoxy) is 1. The zero-order chi connectivity index (χ0) is 13.8. The second kappa shape index (κ2) is 5.94. The monoisotopic (exact) mass is 338 g/mol. The number of anilines is 2. The number of benzene rings is 1. The third kappa shape index (κ3) is 3.39. The SMILES string of the molecule is COc1ccc(Br)c(Nc2nccc(C(N)=S)n2)c1. The molecule has 7 heteroatoms. The van der Waals surface area contributed by atoms with Crippen molar-refractivity contribution >= 4 is 44.8 Å². The summed E-state index contributed by atoms with van der Waals surface area (Å²) in [4.78, 5) is 8.56. The third-order valence-corrected chi connectivity index (χ3v) is 3.23. The largest absolute Gasteiger partial charge is 0.497 e. The number of nitrogens with zero attached hydrogens (tertiary/aromatic N) is 2. The molecule has 0 saturated heterocycles. The second-order valence-corrected chi connectivity index (χ2v) is 4.89. The van der Waals surface area contributed by atoms with Gasteiger partial charge in [0.25, 0.3) is 0 Å². The first-order chi connectivity index (χ1) is 9.10. The smallest absolute Gasteiger partial charge is 0.227 e. The van der Waals surface area contributed by atoms with E-state index in [1.165, 1.54) is 0 Å². The molecule has 0 aliphatic heterocycles. The highest BCUT2D eigenvalue weighted by molar-refractivity contribution is 9.10. The van der Waals surface area contributed by atoms with Gasteiger partial charge >= 0.3 is 0 Å². The molecule has 0 atom stereocenters. The lowest BCUT2D eigenvalue weighted by Crippen LogP contribution is -2.12. The fourth-order valence-electron chi connectivity index (χ4n) is 1.40. The van der Waals surface area contributed by atoms with Gasteiger partial charge in [-0.25, -0.2) is 9.97 Å². The molecule has 0 amide bonds. The Morgan fingerprint density at radius 1 is 1.42 bits per heavy atom. The molecule has 2 rings (SSSR count). The van der Waals surface area contributed by atoms with Gasteiger partial charge in [0.15, 0.2) is 0 Å². The molecular weight excluding hydrogens is 328 g/mol. The summed E-state index contributed by atoms with van der Waals surface area (Å²) < 4.78 is 6.04. The Bertz CT molecular complexity index is 620. The van der Waals surface area contributed by atoms with E-state index in [0.717, 1.165) is 15.9 Å². The highest BCUT2D eigenvalue weighted by Crippen LogP contribution is 2.28. The maximum absolute atomic E-state index is 5.54. The van der Waals surface area contributed by atoms with Crippen molar-refractivity contribution in [2.75, 3.05) is 12.4 Å². The molecule has 1 heterocycles. The van der Waals surface area contributed by atoms with Crippen LogP contribution < -0.4 is 15.8 Å². The van der Waals surface area contributed by atoms with E-state index in [4.69, 9.17) is 22.7 Å². The normalized spacial score (nSPS) is 10.0. The van der Waals surface area contributed by atoms with Gasteiger partial charge in [-0.05, 0) is 34.1 Å². The molecule has 0 saturated carbocycles. The number of nitrogens with one attached hydrogen (secondary N) is 1. The first-order valence-electron chi connectivity index (χ1n) is 5.33. The lowest BCUT2D eigenvalue weighted by Gasteiger charge is -2.09. The molecule has 3 N–H and O–H groups in total. The topological polar surface area (TPSA) is 73.1 Å². The molecular formula is C12H11BrN4OS. The molecule has 1 aromatic heterocycles. The lowest BCUT2D eigenvalue weighted by atomic mass is 10.3. The fraction of sp³-hybridized carbons (Fsp3) is 0.0833. The van der Waals surface area contributed by atoms with Crippen LogP contribution in [0.4, 0.5) is 11.6 Å². The Hall–Kier alpha value is -1.73. The first kappa shape index (κ1) is 13.7. The number of rotatable bonds is 4. The molecule has 0 aliphatic carbocycles. The van der Waals surface area contributed by atoms with Gasteiger partial charge in [0, 0.05) is 16.7 Å². The standard InChI is InChI=1S/C12H11BrN4OS/c1-18-7-2-3-8(13)10(6-7)17-12-15-5-4-9(16-12)11(14)19/h2-6H,1H3,(H2,14,19)(H,15,16,17). The van der Waals surface area contributed by atoms with Crippen LogP contribution in [-0.4, -0.2) is 22.1 Å². The van der Waals surface area contributed by atoms with Crippen LogP contribution in [0.25, 0.3) is 0 Å². The van der Waals surface area contributed by atoms with Crippen LogP contribution in [0.15, 0.2) is 34.9 Å². The second-order valence-electron chi connectivity index (χ2n) is 3.60. The molecule has 0 unspecified atom stereocenters. The quantitative estimate of drug-likeness (QED) is 0.835. The maximum atomic E-state index is 5.54. The number of hydrogen-bond acceptors (Lipinski definition) is 5.